The minimum atomic E-state index is 0.332. The minimum absolute atomic E-state index is 0.332. The first kappa shape index (κ1) is 11.1. The van der Waals surface area contributed by atoms with Gasteiger partial charge in [-0.2, -0.15) is 0 Å². The molecule has 2 rings (SSSR count). The number of rotatable bonds is 3. The van der Waals surface area contributed by atoms with Crippen LogP contribution in [0.3, 0.4) is 0 Å². The van der Waals surface area contributed by atoms with Gasteiger partial charge in [0.05, 0.1) is 0 Å². The lowest BCUT2D eigenvalue weighted by Crippen LogP contribution is -2.08. The first-order valence-corrected chi connectivity index (χ1v) is 6.13. The molecule has 0 amide bonds. The summed E-state index contributed by atoms with van der Waals surface area (Å²) in [6.07, 6.45) is 5.04. The van der Waals surface area contributed by atoms with Crippen LogP contribution in [0, 0.1) is 0 Å². The summed E-state index contributed by atoms with van der Waals surface area (Å²) in [5.74, 6) is 0.332. The van der Waals surface area contributed by atoms with Crippen molar-refractivity contribution in [3.8, 4) is 0 Å². The molecule has 0 saturated carbocycles. The molecule has 0 bridgehead atoms. The lowest BCUT2D eigenvalue weighted by molar-refractivity contribution is -0.115. The number of carbonyl (C=O) groups excluding carboxylic acids is 1. The topological polar surface area (TPSA) is 17.1 Å². The van der Waals surface area contributed by atoms with Crippen molar-refractivity contribution in [2.75, 3.05) is 0 Å². The second kappa shape index (κ2) is 5.11. The zero-order valence-electron chi connectivity index (χ0n) is 9.83. The summed E-state index contributed by atoms with van der Waals surface area (Å²) >= 11 is 0. The number of carbonyl (C=O) groups is 1. The third-order valence-electron chi connectivity index (χ3n) is 3.25. The molecule has 0 N–H and O–H groups in total. The highest BCUT2D eigenvalue weighted by molar-refractivity contribution is 6.02. The van der Waals surface area contributed by atoms with Crippen LogP contribution in [0.5, 0.6) is 0 Å². The highest BCUT2D eigenvalue weighted by Crippen LogP contribution is 2.33. The predicted octanol–water partition coefficient (Wildman–Crippen LogP) is 3.99. The van der Waals surface area contributed by atoms with Crippen molar-refractivity contribution >= 4 is 11.4 Å². The number of allylic oxidation sites excluding steroid dienone is 2. The van der Waals surface area contributed by atoms with E-state index in [0.29, 0.717) is 12.2 Å². The maximum absolute atomic E-state index is 11.9. The molecule has 0 fully saturated rings. The predicted molar refractivity (Wildman–Crippen MR) is 67.1 cm³/mol. The molecule has 1 nitrogen and oxygen atoms in total. The summed E-state index contributed by atoms with van der Waals surface area (Å²) in [6.45, 7) is 1.95. The summed E-state index contributed by atoms with van der Waals surface area (Å²) in [6, 6.07) is 10.3. The van der Waals surface area contributed by atoms with Crippen LogP contribution in [0.1, 0.15) is 44.6 Å². The second-order valence-corrected chi connectivity index (χ2v) is 4.31. The fraction of sp³-hybridized carbons (Fsp3) is 0.400. The second-order valence-electron chi connectivity index (χ2n) is 4.31. The summed E-state index contributed by atoms with van der Waals surface area (Å²) in [5, 5.41) is 0. The van der Waals surface area contributed by atoms with Crippen LogP contribution in [0.4, 0.5) is 0 Å². The summed E-state index contributed by atoms with van der Waals surface area (Å²) < 4.78 is 0. The molecule has 0 radical (unpaired) electrons. The first-order valence-electron chi connectivity index (χ1n) is 6.13. The van der Waals surface area contributed by atoms with E-state index in [2.05, 4.69) is 12.1 Å². The van der Waals surface area contributed by atoms with Crippen molar-refractivity contribution in [1.82, 2.24) is 0 Å². The highest BCUT2D eigenvalue weighted by atomic mass is 16.1. The maximum atomic E-state index is 11.9. The van der Waals surface area contributed by atoms with Crippen molar-refractivity contribution in [3.05, 3.63) is 41.5 Å². The van der Waals surface area contributed by atoms with Gasteiger partial charge in [-0.3, -0.25) is 4.79 Å². The van der Waals surface area contributed by atoms with Crippen LogP contribution in [-0.2, 0) is 4.79 Å². The van der Waals surface area contributed by atoms with Gasteiger partial charge < -0.3 is 0 Å². The Bertz CT molecular complexity index is 401. The Balaban J connectivity index is 2.41. The molecular formula is C15H18O. The number of hydrogen-bond acceptors (Lipinski definition) is 1. The van der Waals surface area contributed by atoms with Gasteiger partial charge >= 0.3 is 0 Å². The molecule has 1 aliphatic rings. The van der Waals surface area contributed by atoms with Crippen molar-refractivity contribution < 1.29 is 4.79 Å². The van der Waals surface area contributed by atoms with Gasteiger partial charge in [0.25, 0.3) is 0 Å². The fourth-order valence-electron chi connectivity index (χ4n) is 2.38. The van der Waals surface area contributed by atoms with Gasteiger partial charge in [-0.05, 0) is 42.4 Å². The van der Waals surface area contributed by atoms with Crippen molar-refractivity contribution in [2.24, 2.45) is 0 Å². The summed E-state index contributed by atoms with van der Waals surface area (Å²) in [7, 11) is 0. The Morgan fingerprint density at radius 3 is 2.50 bits per heavy atom. The summed E-state index contributed by atoms with van der Waals surface area (Å²) in [5.41, 5.74) is 3.61. The molecule has 0 atom stereocenters. The lowest BCUT2D eigenvalue weighted by Gasteiger charge is -2.19. The van der Waals surface area contributed by atoms with E-state index in [1.165, 1.54) is 17.6 Å². The van der Waals surface area contributed by atoms with E-state index in [1.54, 1.807) is 0 Å². The molecule has 0 aromatic heterocycles. The van der Waals surface area contributed by atoms with Crippen molar-refractivity contribution in [2.45, 2.75) is 39.0 Å². The number of benzene rings is 1. The summed E-state index contributed by atoms with van der Waals surface area (Å²) in [4.78, 5) is 11.9. The minimum Gasteiger partial charge on any atom is -0.295 e. The average molecular weight is 214 g/mol. The fourth-order valence-corrected chi connectivity index (χ4v) is 2.38. The molecular weight excluding hydrogens is 196 g/mol. The van der Waals surface area contributed by atoms with E-state index >= 15 is 0 Å². The SMILES string of the molecule is CCC(=O)C1=C(c2ccccc2)CCCC1. The number of Topliss-reactive ketones (excluding diaryl/α,β-unsaturated/α-hetero) is 1. The Labute approximate surface area is 97.2 Å². The number of hydrogen-bond donors (Lipinski definition) is 0. The van der Waals surface area contributed by atoms with Crippen LogP contribution in [0.25, 0.3) is 5.57 Å². The zero-order valence-corrected chi connectivity index (χ0v) is 9.83. The first-order chi connectivity index (χ1) is 7.83. The van der Waals surface area contributed by atoms with E-state index < -0.39 is 0 Å². The molecule has 1 aromatic rings. The molecule has 1 aliphatic carbocycles. The molecule has 0 aliphatic heterocycles. The quantitative estimate of drug-likeness (QED) is 0.743. The Morgan fingerprint density at radius 2 is 1.81 bits per heavy atom. The Hall–Kier alpha value is -1.37. The van der Waals surface area contributed by atoms with E-state index in [4.69, 9.17) is 0 Å². The van der Waals surface area contributed by atoms with Gasteiger partial charge in [-0.1, -0.05) is 37.3 Å². The van der Waals surface area contributed by atoms with Gasteiger partial charge in [0.2, 0.25) is 0 Å². The van der Waals surface area contributed by atoms with Crippen LogP contribution in [0.2, 0.25) is 0 Å². The molecule has 0 spiro atoms. The van der Waals surface area contributed by atoms with Crippen LogP contribution >= 0.6 is 0 Å². The lowest BCUT2D eigenvalue weighted by atomic mass is 9.85. The maximum Gasteiger partial charge on any atom is 0.158 e. The molecule has 1 aromatic carbocycles. The van der Waals surface area contributed by atoms with Crippen LogP contribution in [-0.4, -0.2) is 5.78 Å². The van der Waals surface area contributed by atoms with Gasteiger partial charge in [0.15, 0.2) is 5.78 Å². The van der Waals surface area contributed by atoms with Crippen molar-refractivity contribution in [3.63, 3.8) is 0 Å². The normalized spacial score (nSPS) is 16.3. The standard InChI is InChI=1S/C15H18O/c1-2-15(16)14-11-7-6-10-13(14)12-8-4-3-5-9-12/h3-5,8-9H,2,6-7,10-11H2,1H3. The largest absolute Gasteiger partial charge is 0.295 e. The third kappa shape index (κ3) is 2.24. The van der Waals surface area contributed by atoms with Gasteiger partial charge in [0, 0.05) is 6.42 Å². The Kier molecular flexibility index (Phi) is 3.55. The van der Waals surface area contributed by atoms with E-state index in [1.807, 2.05) is 25.1 Å². The molecule has 0 saturated heterocycles. The number of ketones is 1. The van der Waals surface area contributed by atoms with Gasteiger partial charge in [-0.25, -0.2) is 0 Å². The molecule has 0 heterocycles. The van der Waals surface area contributed by atoms with Crippen LogP contribution in [0.15, 0.2) is 35.9 Å². The smallest absolute Gasteiger partial charge is 0.158 e. The average Bonchev–Trinajstić information content (AvgIpc) is 2.39. The molecule has 0 unspecified atom stereocenters. The Morgan fingerprint density at radius 1 is 1.12 bits per heavy atom. The molecule has 1 heteroatoms. The monoisotopic (exact) mass is 214 g/mol. The third-order valence-corrected chi connectivity index (χ3v) is 3.25. The van der Waals surface area contributed by atoms with Crippen LogP contribution < -0.4 is 0 Å². The van der Waals surface area contributed by atoms with E-state index in [9.17, 15) is 4.79 Å². The zero-order chi connectivity index (χ0) is 11.4. The van der Waals surface area contributed by atoms with Gasteiger partial charge in [-0.15, -0.1) is 0 Å². The van der Waals surface area contributed by atoms with E-state index in [-0.39, 0.29) is 0 Å². The molecule has 84 valence electrons. The molecule has 16 heavy (non-hydrogen) atoms. The highest BCUT2D eigenvalue weighted by Gasteiger charge is 2.18. The van der Waals surface area contributed by atoms with E-state index in [0.717, 1.165) is 24.8 Å². The van der Waals surface area contributed by atoms with Crippen molar-refractivity contribution in [1.29, 1.82) is 0 Å². The van der Waals surface area contributed by atoms with Gasteiger partial charge in [0.1, 0.15) is 0 Å².